The molecule has 0 bridgehead atoms. The number of ether oxygens (including phenoxy) is 1. The largest absolute Gasteiger partial charge is 0.396 e. The van der Waals surface area contributed by atoms with Crippen LogP contribution in [0.25, 0.3) is 0 Å². The van der Waals surface area contributed by atoms with Gasteiger partial charge in [0.05, 0.1) is 6.10 Å². The van der Waals surface area contributed by atoms with E-state index >= 15 is 0 Å². The molecule has 3 unspecified atom stereocenters. The lowest BCUT2D eigenvalue weighted by Crippen LogP contribution is -2.22. The second kappa shape index (κ2) is 12.7. The van der Waals surface area contributed by atoms with Gasteiger partial charge in [-0.05, 0) is 83.0 Å². The molecule has 0 radical (unpaired) electrons. The maximum absolute atomic E-state index is 11.7. The minimum Gasteiger partial charge on any atom is -0.396 e. The van der Waals surface area contributed by atoms with Gasteiger partial charge in [-0.3, -0.25) is 4.79 Å². The fraction of sp³-hybridized carbons (Fsp3) is 0.875. The number of carbonyl (C=O) groups excluding carboxylic acids is 1. The minimum atomic E-state index is 0.263. The number of hydrogen-bond donors (Lipinski definition) is 1. The third kappa shape index (κ3) is 8.48. The van der Waals surface area contributed by atoms with Crippen LogP contribution in [0.4, 0.5) is 0 Å². The first-order valence-electron chi connectivity index (χ1n) is 11.5. The van der Waals surface area contributed by atoms with Crippen molar-refractivity contribution in [3.8, 4) is 0 Å². The van der Waals surface area contributed by atoms with Crippen LogP contribution in [-0.2, 0) is 9.53 Å². The van der Waals surface area contributed by atoms with E-state index in [1.165, 1.54) is 50.5 Å². The van der Waals surface area contributed by atoms with Crippen molar-refractivity contribution in [3.05, 3.63) is 12.2 Å². The van der Waals surface area contributed by atoms with Crippen molar-refractivity contribution in [3.63, 3.8) is 0 Å². The number of hydrogen-bond acceptors (Lipinski definition) is 3. The molecule has 0 amide bonds. The van der Waals surface area contributed by atoms with Crippen molar-refractivity contribution in [2.24, 2.45) is 17.8 Å². The van der Waals surface area contributed by atoms with Gasteiger partial charge in [0.1, 0.15) is 5.78 Å². The zero-order valence-electron chi connectivity index (χ0n) is 17.6. The van der Waals surface area contributed by atoms with Crippen molar-refractivity contribution in [2.75, 3.05) is 13.2 Å². The van der Waals surface area contributed by atoms with Crippen LogP contribution in [0.15, 0.2) is 12.2 Å². The topological polar surface area (TPSA) is 46.5 Å². The lowest BCUT2D eigenvalue weighted by atomic mass is 9.75. The highest BCUT2D eigenvalue weighted by Gasteiger charge is 2.26. The van der Waals surface area contributed by atoms with Gasteiger partial charge in [0.25, 0.3) is 0 Å². The molecule has 0 saturated heterocycles. The molecule has 2 aliphatic carbocycles. The molecular formula is C24H42O3. The van der Waals surface area contributed by atoms with E-state index < -0.39 is 0 Å². The Morgan fingerprint density at radius 2 is 1.78 bits per heavy atom. The second-order valence-electron chi connectivity index (χ2n) is 9.02. The van der Waals surface area contributed by atoms with Crippen LogP contribution in [0.1, 0.15) is 96.8 Å². The standard InChI is InChI=1S/C24H42O3/c1-19(22-10-7-11-23(18-22)20(2)26)8-6-9-21(14-16-25)15-17-27-24-12-4-3-5-13-24/h21-25H,1,3-18H2,2H3. The SMILES string of the molecule is C=C(CCCC(CCO)CCOC1CCCCC1)C1CCCC(C(C)=O)C1. The van der Waals surface area contributed by atoms with Crippen LogP contribution in [-0.4, -0.2) is 30.2 Å². The summed E-state index contributed by atoms with van der Waals surface area (Å²) in [5.74, 6) is 1.72. The van der Waals surface area contributed by atoms with Gasteiger partial charge in [-0.2, -0.15) is 0 Å². The number of aliphatic hydroxyl groups is 1. The lowest BCUT2D eigenvalue weighted by molar-refractivity contribution is -0.121. The molecule has 3 heteroatoms. The molecule has 156 valence electrons. The van der Waals surface area contributed by atoms with Crippen LogP contribution in [0.3, 0.4) is 0 Å². The summed E-state index contributed by atoms with van der Waals surface area (Å²) in [7, 11) is 0. The summed E-state index contributed by atoms with van der Waals surface area (Å²) >= 11 is 0. The van der Waals surface area contributed by atoms with Gasteiger partial charge in [0.15, 0.2) is 0 Å². The number of carbonyl (C=O) groups is 1. The van der Waals surface area contributed by atoms with E-state index in [-0.39, 0.29) is 12.5 Å². The van der Waals surface area contributed by atoms with E-state index in [0.717, 1.165) is 51.6 Å². The molecular weight excluding hydrogens is 336 g/mol. The number of allylic oxidation sites excluding steroid dienone is 1. The first-order chi connectivity index (χ1) is 13.1. The van der Waals surface area contributed by atoms with Gasteiger partial charge in [-0.25, -0.2) is 0 Å². The molecule has 0 heterocycles. The van der Waals surface area contributed by atoms with Gasteiger partial charge >= 0.3 is 0 Å². The fourth-order valence-corrected chi connectivity index (χ4v) is 5.00. The number of rotatable bonds is 12. The zero-order valence-corrected chi connectivity index (χ0v) is 17.6. The Balaban J connectivity index is 1.63. The van der Waals surface area contributed by atoms with Crippen LogP contribution in [0.2, 0.25) is 0 Å². The molecule has 0 aromatic carbocycles. The van der Waals surface area contributed by atoms with Crippen molar-refractivity contribution in [1.82, 2.24) is 0 Å². The van der Waals surface area contributed by atoms with Gasteiger partial charge in [0.2, 0.25) is 0 Å². The average Bonchev–Trinajstić information content (AvgIpc) is 2.68. The highest BCUT2D eigenvalue weighted by molar-refractivity contribution is 5.78. The van der Waals surface area contributed by atoms with Gasteiger partial charge in [-0.15, -0.1) is 0 Å². The van der Waals surface area contributed by atoms with Crippen LogP contribution in [0, 0.1) is 17.8 Å². The fourth-order valence-electron chi connectivity index (χ4n) is 5.00. The molecule has 2 saturated carbocycles. The summed E-state index contributed by atoms with van der Waals surface area (Å²) in [5.41, 5.74) is 1.35. The summed E-state index contributed by atoms with van der Waals surface area (Å²) in [4.78, 5) is 11.7. The summed E-state index contributed by atoms with van der Waals surface area (Å²) in [6.45, 7) is 7.22. The van der Waals surface area contributed by atoms with Gasteiger partial charge in [0, 0.05) is 19.1 Å². The van der Waals surface area contributed by atoms with Gasteiger partial charge in [-0.1, -0.05) is 37.8 Å². The van der Waals surface area contributed by atoms with E-state index in [0.29, 0.717) is 23.7 Å². The van der Waals surface area contributed by atoms with E-state index in [4.69, 9.17) is 4.74 Å². The van der Waals surface area contributed by atoms with Crippen molar-refractivity contribution < 1.29 is 14.6 Å². The Bertz CT molecular complexity index is 439. The summed E-state index contributed by atoms with van der Waals surface area (Å²) in [6, 6.07) is 0. The maximum Gasteiger partial charge on any atom is 0.132 e. The molecule has 2 rings (SSSR count). The Labute approximate surface area is 167 Å². The molecule has 0 aliphatic heterocycles. The molecule has 1 N–H and O–H groups in total. The molecule has 0 spiro atoms. The third-order valence-electron chi connectivity index (χ3n) is 6.91. The van der Waals surface area contributed by atoms with E-state index in [1.54, 1.807) is 6.92 Å². The Hall–Kier alpha value is -0.670. The monoisotopic (exact) mass is 378 g/mol. The first-order valence-corrected chi connectivity index (χ1v) is 11.5. The molecule has 2 fully saturated rings. The summed E-state index contributed by atoms with van der Waals surface area (Å²) in [5, 5.41) is 9.39. The molecule has 3 atom stereocenters. The summed E-state index contributed by atoms with van der Waals surface area (Å²) < 4.78 is 6.09. The molecule has 0 aromatic heterocycles. The number of ketones is 1. The predicted octanol–water partition coefficient (Wildman–Crippen LogP) is 5.85. The van der Waals surface area contributed by atoms with E-state index in [9.17, 15) is 9.90 Å². The third-order valence-corrected chi connectivity index (χ3v) is 6.91. The normalized spacial score (nSPS) is 25.3. The molecule has 3 nitrogen and oxygen atoms in total. The smallest absolute Gasteiger partial charge is 0.132 e. The second-order valence-corrected chi connectivity index (χ2v) is 9.02. The van der Waals surface area contributed by atoms with Crippen LogP contribution in [0.5, 0.6) is 0 Å². The molecule has 27 heavy (non-hydrogen) atoms. The maximum atomic E-state index is 11.7. The van der Waals surface area contributed by atoms with Crippen molar-refractivity contribution in [1.29, 1.82) is 0 Å². The number of Topliss-reactive ketones (excluding diaryl/α,β-unsaturated/α-hetero) is 1. The van der Waals surface area contributed by atoms with Gasteiger partial charge < -0.3 is 9.84 Å². The van der Waals surface area contributed by atoms with Crippen molar-refractivity contribution in [2.45, 2.75) is 103 Å². The molecule has 2 aliphatic rings. The number of aliphatic hydroxyl groups excluding tert-OH is 1. The molecule has 0 aromatic rings. The quantitative estimate of drug-likeness (QED) is 0.434. The van der Waals surface area contributed by atoms with E-state index in [1.807, 2.05) is 0 Å². The lowest BCUT2D eigenvalue weighted by Gasteiger charge is -2.29. The van der Waals surface area contributed by atoms with Crippen LogP contribution >= 0.6 is 0 Å². The Morgan fingerprint density at radius 1 is 1.04 bits per heavy atom. The first kappa shape index (κ1) is 22.6. The zero-order chi connectivity index (χ0) is 19.5. The Morgan fingerprint density at radius 3 is 2.48 bits per heavy atom. The Kier molecular flexibility index (Phi) is 10.7. The van der Waals surface area contributed by atoms with Crippen molar-refractivity contribution >= 4 is 5.78 Å². The minimum absolute atomic E-state index is 0.263. The van der Waals surface area contributed by atoms with Crippen LogP contribution < -0.4 is 0 Å². The average molecular weight is 379 g/mol. The summed E-state index contributed by atoms with van der Waals surface area (Å²) in [6.07, 6.45) is 16.7. The highest BCUT2D eigenvalue weighted by atomic mass is 16.5. The predicted molar refractivity (Wildman–Crippen MR) is 112 cm³/mol. The highest BCUT2D eigenvalue weighted by Crippen LogP contribution is 2.35. The van der Waals surface area contributed by atoms with E-state index in [2.05, 4.69) is 6.58 Å².